The molecule has 0 spiro atoms. The van der Waals surface area contributed by atoms with Crippen LogP contribution in [0.4, 0.5) is 0 Å². The Bertz CT molecular complexity index is 409. The van der Waals surface area contributed by atoms with Crippen LogP contribution in [0.2, 0.25) is 0 Å². The number of aromatic nitrogens is 2. The van der Waals surface area contributed by atoms with Gasteiger partial charge in [0.25, 0.3) is 0 Å². The number of fused-ring (bicyclic) bond motifs is 1. The molecule has 3 heteroatoms. The van der Waals surface area contributed by atoms with Crippen LogP contribution >= 0.6 is 0 Å². The molecule has 0 aliphatic carbocycles. The quantitative estimate of drug-likeness (QED) is 0.607. The Morgan fingerprint density at radius 1 is 1.62 bits per heavy atom. The van der Waals surface area contributed by atoms with Gasteiger partial charge in [-0.1, -0.05) is 12.3 Å². The van der Waals surface area contributed by atoms with E-state index in [1.165, 1.54) is 0 Å². The molecule has 1 aliphatic heterocycles. The van der Waals surface area contributed by atoms with Gasteiger partial charge in [0.1, 0.15) is 5.69 Å². The molecule has 0 saturated carbocycles. The molecule has 0 saturated heterocycles. The largest absolute Gasteiger partial charge is 0.344 e. The predicted octanol–water partition coefficient (Wildman–Crippen LogP) is 1.84. The molecule has 1 aromatic rings. The van der Waals surface area contributed by atoms with Gasteiger partial charge in [0.15, 0.2) is 0 Å². The summed E-state index contributed by atoms with van der Waals surface area (Å²) in [7, 11) is 1.96. The Balaban J connectivity index is 2.65. The first kappa shape index (κ1) is 7.90. The first-order chi connectivity index (χ1) is 6.20. The van der Waals surface area contributed by atoms with E-state index in [9.17, 15) is 0 Å². The number of hydrogen-bond donors (Lipinski definition) is 1. The zero-order valence-corrected chi connectivity index (χ0v) is 7.76. The molecule has 1 aromatic heterocycles. The molecule has 3 nitrogen and oxygen atoms in total. The third kappa shape index (κ3) is 1.10. The van der Waals surface area contributed by atoms with E-state index in [1.54, 1.807) is 6.33 Å². The highest BCUT2D eigenvalue weighted by Crippen LogP contribution is 2.23. The van der Waals surface area contributed by atoms with Gasteiger partial charge in [0.2, 0.25) is 0 Å². The van der Waals surface area contributed by atoms with Crippen LogP contribution in [0, 0.1) is 0 Å². The summed E-state index contributed by atoms with van der Waals surface area (Å²) in [6.07, 6.45) is 3.56. The molecule has 0 bridgehead atoms. The summed E-state index contributed by atoms with van der Waals surface area (Å²) < 4.78 is 0. The van der Waals surface area contributed by atoms with Gasteiger partial charge in [0.05, 0.1) is 23.4 Å². The molecule has 66 valence electrons. The summed E-state index contributed by atoms with van der Waals surface area (Å²) in [6, 6.07) is 0. The van der Waals surface area contributed by atoms with Crippen LogP contribution in [-0.4, -0.2) is 21.9 Å². The van der Waals surface area contributed by atoms with Crippen LogP contribution in [0.3, 0.4) is 0 Å². The van der Waals surface area contributed by atoms with Crippen molar-refractivity contribution in [1.29, 1.82) is 0 Å². The highest BCUT2D eigenvalue weighted by atomic mass is 15.1. The summed E-state index contributed by atoms with van der Waals surface area (Å²) >= 11 is 0. The second-order valence-corrected chi connectivity index (χ2v) is 3.04. The topological polar surface area (TPSA) is 31.9 Å². The minimum atomic E-state index is 0.895. The lowest BCUT2D eigenvalue weighted by Crippen LogP contribution is -2.12. The maximum absolute atomic E-state index is 4.20. The third-order valence-corrected chi connectivity index (χ3v) is 2.28. The van der Waals surface area contributed by atoms with Crippen molar-refractivity contribution in [2.45, 2.75) is 6.92 Å². The van der Waals surface area contributed by atoms with Crippen LogP contribution in [0.25, 0.3) is 11.8 Å². The lowest BCUT2D eigenvalue weighted by Gasteiger charge is -2.18. The molecule has 13 heavy (non-hydrogen) atoms. The highest BCUT2D eigenvalue weighted by molar-refractivity contribution is 5.70. The van der Waals surface area contributed by atoms with Gasteiger partial charge < -0.3 is 9.88 Å². The van der Waals surface area contributed by atoms with E-state index >= 15 is 0 Å². The fourth-order valence-electron chi connectivity index (χ4n) is 1.28. The van der Waals surface area contributed by atoms with Gasteiger partial charge in [-0.2, -0.15) is 0 Å². The molecule has 0 amide bonds. The van der Waals surface area contributed by atoms with Gasteiger partial charge in [-0.25, -0.2) is 4.98 Å². The number of nitrogens with one attached hydrogen (secondary N) is 1. The maximum Gasteiger partial charge on any atom is 0.112 e. The molecule has 0 unspecified atom stereocenters. The van der Waals surface area contributed by atoms with Crippen molar-refractivity contribution in [1.82, 2.24) is 14.9 Å². The number of hydrogen-bond acceptors (Lipinski definition) is 2. The van der Waals surface area contributed by atoms with Crippen molar-refractivity contribution in [3.05, 3.63) is 35.7 Å². The lowest BCUT2D eigenvalue weighted by atomic mass is 10.2. The average molecular weight is 173 g/mol. The minimum absolute atomic E-state index is 0.895. The predicted molar refractivity (Wildman–Crippen MR) is 52.5 cm³/mol. The van der Waals surface area contributed by atoms with E-state index in [0.29, 0.717) is 0 Å². The van der Waals surface area contributed by atoms with Crippen molar-refractivity contribution in [3.8, 4) is 0 Å². The monoisotopic (exact) mass is 173 g/mol. The van der Waals surface area contributed by atoms with Crippen molar-refractivity contribution in [3.63, 3.8) is 0 Å². The Morgan fingerprint density at radius 3 is 3.15 bits per heavy atom. The van der Waals surface area contributed by atoms with E-state index in [1.807, 2.05) is 24.9 Å². The first-order valence-electron chi connectivity index (χ1n) is 4.10. The second kappa shape index (κ2) is 2.64. The molecule has 0 radical (unpaired) electrons. The Hall–Kier alpha value is -1.73. The van der Waals surface area contributed by atoms with E-state index in [2.05, 4.69) is 22.3 Å². The highest BCUT2D eigenvalue weighted by Gasteiger charge is 2.14. The summed E-state index contributed by atoms with van der Waals surface area (Å²) in [6.45, 7) is 5.98. The van der Waals surface area contributed by atoms with Crippen molar-refractivity contribution in [2.75, 3.05) is 7.05 Å². The molecule has 1 aliphatic rings. The van der Waals surface area contributed by atoms with Gasteiger partial charge >= 0.3 is 0 Å². The van der Waals surface area contributed by atoms with E-state index < -0.39 is 0 Å². The first-order valence-corrected chi connectivity index (χ1v) is 4.10. The Morgan fingerprint density at radius 2 is 2.38 bits per heavy atom. The minimum Gasteiger partial charge on any atom is -0.344 e. The standard InChI is InChI=1S/C10H11N3/c1-7-4-5-9-10(12-6-11-9)8(2)13(7)3/h5-6H,2H2,1,3H3,(H,11,12). The molecule has 2 rings (SSSR count). The lowest BCUT2D eigenvalue weighted by molar-refractivity contribution is 0.599. The Kier molecular flexibility index (Phi) is 1.61. The van der Waals surface area contributed by atoms with Gasteiger partial charge in [-0.05, 0) is 6.92 Å². The molecule has 0 aromatic carbocycles. The molecule has 2 heterocycles. The van der Waals surface area contributed by atoms with Crippen LogP contribution in [0.5, 0.6) is 0 Å². The zero-order chi connectivity index (χ0) is 9.42. The fourth-order valence-corrected chi connectivity index (χ4v) is 1.28. The van der Waals surface area contributed by atoms with Gasteiger partial charge in [0, 0.05) is 13.1 Å². The summed E-state index contributed by atoms with van der Waals surface area (Å²) in [5.74, 6) is 0. The Labute approximate surface area is 77.1 Å². The SMILES string of the molecule is C=C1c2nc[nH]c2C=C=C(C)N1C. The number of imidazole rings is 1. The molecular formula is C10H11N3. The average Bonchev–Trinajstić information content (AvgIpc) is 2.56. The number of H-pyrrole nitrogens is 1. The summed E-state index contributed by atoms with van der Waals surface area (Å²) in [5, 5.41) is 0. The molecular weight excluding hydrogens is 162 g/mol. The zero-order valence-electron chi connectivity index (χ0n) is 7.76. The number of rotatable bonds is 0. The fraction of sp³-hybridized carbons (Fsp3) is 0.200. The van der Waals surface area contributed by atoms with E-state index in [0.717, 1.165) is 22.8 Å². The van der Waals surface area contributed by atoms with Crippen molar-refractivity contribution in [2.24, 2.45) is 0 Å². The van der Waals surface area contributed by atoms with Crippen LogP contribution < -0.4 is 0 Å². The summed E-state index contributed by atoms with van der Waals surface area (Å²) in [5.41, 5.74) is 6.95. The van der Waals surface area contributed by atoms with Crippen molar-refractivity contribution >= 4 is 11.8 Å². The maximum atomic E-state index is 4.20. The third-order valence-electron chi connectivity index (χ3n) is 2.28. The van der Waals surface area contributed by atoms with Crippen LogP contribution in [-0.2, 0) is 0 Å². The molecule has 0 atom stereocenters. The molecule has 1 N–H and O–H groups in total. The van der Waals surface area contributed by atoms with E-state index in [4.69, 9.17) is 0 Å². The number of aromatic amines is 1. The smallest absolute Gasteiger partial charge is 0.112 e. The number of nitrogens with zero attached hydrogens (tertiary/aromatic N) is 2. The normalized spacial score (nSPS) is 15.4. The van der Waals surface area contributed by atoms with Gasteiger partial charge in [-0.15, -0.1) is 0 Å². The second-order valence-electron chi connectivity index (χ2n) is 3.04. The number of allylic oxidation sites excluding steroid dienone is 1. The van der Waals surface area contributed by atoms with E-state index in [-0.39, 0.29) is 0 Å². The van der Waals surface area contributed by atoms with Crippen molar-refractivity contribution < 1.29 is 0 Å². The molecule has 0 fully saturated rings. The van der Waals surface area contributed by atoms with Crippen LogP contribution in [0.1, 0.15) is 18.3 Å². The van der Waals surface area contributed by atoms with Gasteiger partial charge in [-0.3, -0.25) is 0 Å². The summed E-state index contributed by atoms with van der Waals surface area (Å²) in [4.78, 5) is 9.22. The van der Waals surface area contributed by atoms with Crippen LogP contribution in [0.15, 0.2) is 24.3 Å².